The molecule has 1 fully saturated rings. The second-order valence-electron chi connectivity index (χ2n) is 4.75. The highest BCUT2D eigenvalue weighted by Crippen LogP contribution is 2.24. The Labute approximate surface area is 107 Å². The number of nitrogens with two attached hydrogens (primary N) is 1. The summed E-state index contributed by atoms with van der Waals surface area (Å²) in [5.74, 6) is 0.844. The molecule has 0 radical (unpaired) electrons. The largest absolute Gasteiger partial charge is 0.329 e. The van der Waals surface area contributed by atoms with Crippen molar-refractivity contribution in [3.8, 4) is 0 Å². The predicted octanol–water partition coefficient (Wildman–Crippen LogP) is 1.47. The van der Waals surface area contributed by atoms with Gasteiger partial charge in [0.2, 0.25) is 0 Å². The second-order valence-corrected chi connectivity index (χ2v) is 4.75. The molecule has 2 rings (SSSR count). The van der Waals surface area contributed by atoms with Crippen molar-refractivity contribution in [3.05, 3.63) is 23.8 Å². The van der Waals surface area contributed by atoms with Gasteiger partial charge in [0.15, 0.2) is 0 Å². The van der Waals surface area contributed by atoms with Crippen LogP contribution in [-0.4, -0.2) is 40.7 Å². The molecule has 1 aliphatic rings. The number of nitrogens with zero attached hydrogens (tertiary/aromatic N) is 3. The smallest absolute Gasteiger partial charge is 0.127 e. The maximum Gasteiger partial charge on any atom is 0.127 e. The first-order chi connectivity index (χ1) is 8.74. The van der Waals surface area contributed by atoms with Crippen LogP contribution in [0.3, 0.4) is 0 Å². The molecule has 4 nitrogen and oxygen atoms in total. The van der Waals surface area contributed by atoms with Gasteiger partial charge in [0, 0.05) is 44.0 Å². The van der Waals surface area contributed by atoms with Crippen molar-refractivity contribution >= 4 is 0 Å². The van der Waals surface area contributed by atoms with Crippen LogP contribution in [0.4, 0.5) is 4.39 Å². The summed E-state index contributed by atoms with van der Waals surface area (Å²) in [4.78, 5) is 10.9. The van der Waals surface area contributed by atoms with Crippen LogP contribution in [0.15, 0.2) is 12.4 Å². The van der Waals surface area contributed by atoms with E-state index in [2.05, 4.69) is 14.9 Å². The van der Waals surface area contributed by atoms with Crippen molar-refractivity contribution < 1.29 is 4.39 Å². The van der Waals surface area contributed by atoms with Gasteiger partial charge in [-0.05, 0) is 12.8 Å². The molecule has 1 aromatic rings. The maximum atomic E-state index is 13.1. The Bertz CT molecular complexity index is 360. The molecule has 0 aliphatic carbocycles. The lowest BCUT2D eigenvalue weighted by Gasteiger charge is -2.35. The predicted molar refractivity (Wildman–Crippen MR) is 68.9 cm³/mol. The average Bonchev–Trinajstić information content (AvgIpc) is 2.42. The fraction of sp³-hybridized carbons (Fsp3) is 0.692. The minimum atomic E-state index is -0.654. The Morgan fingerprint density at radius 3 is 2.50 bits per heavy atom. The van der Waals surface area contributed by atoms with Crippen LogP contribution in [0.25, 0.3) is 0 Å². The Morgan fingerprint density at radius 1 is 1.39 bits per heavy atom. The van der Waals surface area contributed by atoms with E-state index in [1.54, 1.807) is 0 Å². The summed E-state index contributed by atoms with van der Waals surface area (Å²) in [6.45, 7) is 4.07. The van der Waals surface area contributed by atoms with Gasteiger partial charge >= 0.3 is 0 Å². The zero-order valence-electron chi connectivity index (χ0n) is 10.8. The van der Waals surface area contributed by atoms with Crippen LogP contribution in [0.5, 0.6) is 0 Å². The normalized spacial score (nSPS) is 19.9. The molecule has 0 bridgehead atoms. The number of piperidine rings is 1. The van der Waals surface area contributed by atoms with Crippen LogP contribution in [0, 0.1) is 0 Å². The van der Waals surface area contributed by atoms with E-state index in [4.69, 9.17) is 5.73 Å². The molecular formula is C13H21FN4. The summed E-state index contributed by atoms with van der Waals surface area (Å²) in [6.07, 6.45) is 5.09. The maximum absolute atomic E-state index is 13.1. The standard InChI is InChI=1S/C13H21FN4/c1-2-13-16-8-10(9-17-13)12(7-15)18-5-3-11(14)4-6-18/h8-9,11-12H,2-7,15H2,1H3. The van der Waals surface area contributed by atoms with Crippen molar-refractivity contribution in [3.63, 3.8) is 0 Å². The van der Waals surface area contributed by atoms with Gasteiger partial charge in [0.05, 0.1) is 6.04 Å². The zero-order chi connectivity index (χ0) is 13.0. The van der Waals surface area contributed by atoms with E-state index in [1.165, 1.54) is 0 Å². The molecule has 1 aliphatic heterocycles. The van der Waals surface area contributed by atoms with Crippen LogP contribution in [0.2, 0.25) is 0 Å². The van der Waals surface area contributed by atoms with Crippen molar-refractivity contribution in [2.75, 3.05) is 19.6 Å². The SMILES string of the molecule is CCc1ncc(C(CN)N2CCC(F)CC2)cn1. The van der Waals surface area contributed by atoms with E-state index in [0.29, 0.717) is 19.4 Å². The fourth-order valence-electron chi connectivity index (χ4n) is 2.40. The number of hydrogen-bond donors (Lipinski definition) is 1. The molecule has 1 aromatic heterocycles. The number of rotatable bonds is 4. The van der Waals surface area contributed by atoms with Crippen molar-refractivity contribution in [2.45, 2.75) is 38.4 Å². The fourth-order valence-corrected chi connectivity index (χ4v) is 2.40. The molecule has 2 N–H and O–H groups in total. The van der Waals surface area contributed by atoms with Crippen LogP contribution in [0.1, 0.15) is 37.2 Å². The Kier molecular flexibility index (Phi) is 4.60. The van der Waals surface area contributed by atoms with Crippen molar-refractivity contribution in [1.29, 1.82) is 0 Å². The topological polar surface area (TPSA) is 55.0 Å². The van der Waals surface area contributed by atoms with Gasteiger partial charge in [-0.25, -0.2) is 14.4 Å². The Balaban J connectivity index is 2.07. The zero-order valence-corrected chi connectivity index (χ0v) is 10.8. The summed E-state index contributed by atoms with van der Waals surface area (Å²) < 4.78 is 13.1. The van der Waals surface area contributed by atoms with E-state index in [-0.39, 0.29) is 6.04 Å². The van der Waals surface area contributed by atoms with Gasteiger partial charge in [-0.2, -0.15) is 0 Å². The number of hydrogen-bond acceptors (Lipinski definition) is 4. The molecule has 100 valence electrons. The number of likely N-dealkylation sites (tertiary alicyclic amines) is 1. The number of aromatic nitrogens is 2. The molecule has 0 amide bonds. The minimum absolute atomic E-state index is 0.114. The van der Waals surface area contributed by atoms with E-state index < -0.39 is 6.17 Å². The first-order valence-electron chi connectivity index (χ1n) is 6.63. The van der Waals surface area contributed by atoms with Crippen LogP contribution >= 0.6 is 0 Å². The molecule has 0 saturated carbocycles. The summed E-state index contributed by atoms with van der Waals surface area (Å²) in [5.41, 5.74) is 6.88. The summed E-state index contributed by atoms with van der Waals surface area (Å²) >= 11 is 0. The molecule has 2 heterocycles. The van der Waals surface area contributed by atoms with Gasteiger partial charge in [-0.3, -0.25) is 4.90 Å². The third-order valence-corrected chi connectivity index (χ3v) is 3.55. The minimum Gasteiger partial charge on any atom is -0.329 e. The molecule has 1 atom stereocenters. The third kappa shape index (κ3) is 3.03. The highest BCUT2D eigenvalue weighted by atomic mass is 19.1. The average molecular weight is 252 g/mol. The van der Waals surface area contributed by atoms with E-state index in [0.717, 1.165) is 30.9 Å². The quantitative estimate of drug-likeness (QED) is 0.881. The lowest BCUT2D eigenvalue weighted by Crippen LogP contribution is -2.40. The molecule has 18 heavy (non-hydrogen) atoms. The lowest BCUT2D eigenvalue weighted by molar-refractivity contribution is 0.113. The second kappa shape index (κ2) is 6.20. The molecule has 0 spiro atoms. The van der Waals surface area contributed by atoms with Gasteiger partial charge in [-0.1, -0.05) is 6.92 Å². The monoisotopic (exact) mass is 252 g/mol. The molecule has 1 saturated heterocycles. The first-order valence-corrected chi connectivity index (χ1v) is 6.63. The van der Waals surface area contributed by atoms with Crippen molar-refractivity contribution in [2.24, 2.45) is 5.73 Å². The van der Waals surface area contributed by atoms with E-state index >= 15 is 0 Å². The van der Waals surface area contributed by atoms with E-state index in [9.17, 15) is 4.39 Å². The molecule has 1 unspecified atom stereocenters. The third-order valence-electron chi connectivity index (χ3n) is 3.55. The number of aryl methyl sites for hydroxylation is 1. The summed E-state index contributed by atoms with van der Waals surface area (Å²) in [7, 11) is 0. The Hall–Kier alpha value is -1.07. The van der Waals surface area contributed by atoms with Crippen LogP contribution < -0.4 is 5.73 Å². The first kappa shape index (κ1) is 13.4. The molecule has 5 heteroatoms. The highest BCUT2D eigenvalue weighted by molar-refractivity contribution is 5.12. The lowest BCUT2D eigenvalue weighted by atomic mass is 10.0. The van der Waals surface area contributed by atoms with Crippen molar-refractivity contribution in [1.82, 2.24) is 14.9 Å². The van der Waals surface area contributed by atoms with Gasteiger partial charge < -0.3 is 5.73 Å². The van der Waals surface area contributed by atoms with Gasteiger partial charge in [-0.15, -0.1) is 0 Å². The highest BCUT2D eigenvalue weighted by Gasteiger charge is 2.25. The summed E-state index contributed by atoms with van der Waals surface area (Å²) in [5, 5.41) is 0. The number of halogens is 1. The molecule has 0 aromatic carbocycles. The van der Waals surface area contributed by atoms with Gasteiger partial charge in [0.1, 0.15) is 12.0 Å². The number of alkyl halides is 1. The molecular weight excluding hydrogens is 231 g/mol. The van der Waals surface area contributed by atoms with Gasteiger partial charge in [0.25, 0.3) is 0 Å². The van der Waals surface area contributed by atoms with Crippen LogP contribution in [-0.2, 0) is 6.42 Å². The Morgan fingerprint density at radius 2 is 2.00 bits per heavy atom. The van der Waals surface area contributed by atoms with E-state index in [1.807, 2.05) is 19.3 Å². The summed E-state index contributed by atoms with van der Waals surface area (Å²) in [6, 6.07) is 0.114.